The van der Waals surface area contributed by atoms with E-state index in [1.807, 2.05) is 29.5 Å². The molecule has 114 valence electrons. The number of aromatic nitrogens is 3. The van der Waals surface area contributed by atoms with E-state index in [4.69, 9.17) is 0 Å². The Morgan fingerprint density at radius 2 is 1.71 bits per heavy atom. The van der Waals surface area contributed by atoms with E-state index in [9.17, 15) is 0 Å². The van der Waals surface area contributed by atoms with E-state index < -0.39 is 0 Å². The van der Waals surface area contributed by atoms with Crippen molar-refractivity contribution in [3.05, 3.63) is 42.1 Å². The number of unbranched alkanes of at least 4 members (excludes halogenated alkanes) is 4. The molecule has 3 heteroatoms. The Kier molecular flexibility index (Phi) is 6.45. The molecule has 0 aliphatic carbocycles. The van der Waals surface area contributed by atoms with E-state index in [1.54, 1.807) is 0 Å². The standard InChI is InChI=1S/C18H27N3/c1-3-5-7-9-16-11-12-20-18(21-14-13-19-15-21)17(16)10-8-6-4-2/h11-15H,3-10H2,1-2H3. The third kappa shape index (κ3) is 4.42. The summed E-state index contributed by atoms with van der Waals surface area (Å²) in [5.74, 6) is 1.07. The average molecular weight is 285 g/mol. The van der Waals surface area contributed by atoms with Crippen LogP contribution in [0.25, 0.3) is 5.82 Å². The first kappa shape index (κ1) is 15.7. The average Bonchev–Trinajstić information content (AvgIpc) is 3.03. The molecule has 0 aromatic carbocycles. The number of nitrogens with zero attached hydrogens (tertiary/aromatic N) is 3. The maximum absolute atomic E-state index is 4.61. The first-order chi connectivity index (χ1) is 10.4. The zero-order valence-corrected chi connectivity index (χ0v) is 13.4. The van der Waals surface area contributed by atoms with Crippen molar-refractivity contribution in [1.29, 1.82) is 0 Å². The van der Waals surface area contributed by atoms with Crippen LogP contribution in [0.2, 0.25) is 0 Å². The third-order valence-electron chi connectivity index (χ3n) is 3.96. The predicted molar refractivity (Wildman–Crippen MR) is 87.8 cm³/mol. The molecule has 0 amide bonds. The van der Waals surface area contributed by atoms with Gasteiger partial charge in [-0.05, 0) is 42.9 Å². The minimum atomic E-state index is 1.07. The summed E-state index contributed by atoms with van der Waals surface area (Å²) in [7, 11) is 0. The van der Waals surface area contributed by atoms with E-state index in [1.165, 1.54) is 56.1 Å². The van der Waals surface area contributed by atoms with E-state index in [0.29, 0.717) is 0 Å². The van der Waals surface area contributed by atoms with Crippen molar-refractivity contribution in [2.75, 3.05) is 0 Å². The summed E-state index contributed by atoms with van der Waals surface area (Å²) in [6.07, 6.45) is 17.5. The monoisotopic (exact) mass is 285 g/mol. The van der Waals surface area contributed by atoms with Crippen LogP contribution in [0.15, 0.2) is 31.0 Å². The van der Waals surface area contributed by atoms with Crippen LogP contribution >= 0.6 is 0 Å². The topological polar surface area (TPSA) is 30.7 Å². The van der Waals surface area contributed by atoms with Crippen LogP contribution in [0, 0.1) is 0 Å². The molecule has 0 N–H and O–H groups in total. The van der Waals surface area contributed by atoms with Gasteiger partial charge >= 0.3 is 0 Å². The Morgan fingerprint density at radius 1 is 0.952 bits per heavy atom. The van der Waals surface area contributed by atoms with E-state index in [2.05, 4.69) is 29.9 Å². The molecule has 0 unspecified atom stereocenters. The largest absolute Gasteiger partial charge is 0.290 e. The second-order valence-electron chi connectivity index (χ2n) is 5.66. The van der Waals surface area contributed by atoms with E-state index in [0.717, 1.165) is 12.2 Å². The smallest absolute Gasteiger partial charge is 0.141 e. The Hall–Kier alpha value is -1.64. The van der Waals surface area contributed by atoms with Crippen molar-refractivity contribution >= 4 is 0 Å². The van der Waals surface area contributed by atoms with Crippen molar-refractivity contribution in [2.45, 2.75) is 65.2 Å². The number of pyridine rings is 1. The molecule has 2 aromatic heterocycles. The molecule has 2 heterocycles. The number of hydrogen-bond donors (Lipinski definition) is 0. The molecule has 0 aliphatic rings. The van der Waals surface area contributed by atoms with Crippen LogP contribution < -0.4 is 0 Å². The molecule has 0 atom stereocenters. The third-order valence-corrected chi connectivity index (χ3v) is 3.96. The summed E-state index contributed by atoms with van der Waals surface area (Å²) in [4.78, 5) is 8.78. The van der Waals surface area contributed by atoms with Crippen molar-refractivity contribution in [3.8, 4) is 5.82 Å². The van der Waals surface area contributed by atoms with Gasteiger partial charge in [0.2, 0.25) is 0 Å². The second kappa shape index (κ2) is 8.60. The van der Waals surface area contributed by atoms with Gasteiger partial charge in [-0.2, -0.15) is 0 Å². The molecule has 0 bridgehead atoms. The molecule has 0 radical (unpaired) electrons. The molecule has 3 nitrogen and oxygen atoms in total. The van der Waals surface area contributed by atoms with Crippen molar-refractivity contribution in [2.24, 2.45) is 0 Å². The van der Waals surface area contributed by atoms with Gasteiger partial charge in [0.05, 0.1) is 0 Å². The highest BCUT2D eigenvalue weighted by atomic mass is 15.1. The first-order valence-electron chi connectivity index (χ1n) is 8.31. The Balaban J connectivity index is 2.23. The molecule has 0 aliphatic heterocycles. The van der Waals surface area contributed by atoms with Crippen LogP contribution in [-0.2, 0) is 12.8 Å². The number of rotatable bonds is 9. The Labute approximate surface area is 128 Å². The van der Waals surface area contributed by atoms with E-state index >= 15 is 0 Å². The van der Waals surface area contributed by atoms with Gasteiger partial charge in [0.1, 0.15) is 12.1 Å². The Bertz CT molecular complexity index is 517. The molecule has 2 aromatic rings. The molecule has 0 spiro atoms. The Morgan fingerprint density at radius 3 is 2.38 bits per heavy atom. The summed E-state index contributed by atoms with van der Waals surface area (Å²) in [6.45, 7) is 4.51. The van der Waals surface area contributed by atoms with Gasteiger partial charge in [0.15, 0.2) is 0 Å². The van der Waals surface area contributed by atoms with Gasteiger partial charge < -0.3 is 0 Å². The summed E-state index contributed by atoms with van der Waals surface area (Å²) in [5.41, 5.74) is 2.89. The van der Waals surface area contributed by atoms with Crippen molar-refractivity contribution in [3.63, 3.8) is 0 Å². The summed E-state index contributed by atoms with van der Waals surface area (Å²) in [6, 6.07) is 2.21. The minimum Gasteiger partial charge on any atom is -0.290 e. The fraction of sp³-hybridized carbons (Fsp3) is 0.556. The van der Waals surface area contributed by atoms with Gasteiger partial charge in [-0.15, -0.1) is 0 Å². The molecule has 0 saturated heterocycles. The van der Waals surface area contributed by atoms with Crippen LogP contribution in [0.3, 0.4) is 0 Å². The first-order valence-corrected chi connectivity index (χ1v) is 8.31. The highest BCUT2D eigenvalue weighted by molar-refractivity contribution is 5.40. The van der Waals surface area contributed by atoms with Crippen molar-refractivity contribution < 1.29 is 0 Å². The fourth-order valence-corrected chi connectivity index (χ4v) is 2.75. The minimum absolute atomic E-state index is 1.07. The highest BCUT2D eigenvalue weighted by Gasteiger charge is 2.11. The number of hydrogen-bond acceptors (Lipinski definition) is 2. The molecular weight excluding hydrogens is 258 g/mol. The molecule has 0 fully saturated rings. The van der Waals surface area contributed by atoms with Gasteiger partial charge in [0, 0.05) is 18.6 Å². The van der Waals surface area contributed by atoms with Gasteiger partial charge in [-0.25, -0.2) is 9.97 Å². The number of imidazole rings is 1. The lowest BCUT2D eigenvalue weighted by Crippen LogP contribution is -2.05. The van der Waals surface area contributed by atoms with Gasteiger partial charge in [-0.1, -0.05) is 39.5 Å². The lowest BCUT2D eigenvalue weighted by molar-refractivity contribution is 0.688. The predicted octanol–water partition coefficient (Wildman–Crippen LogP) is 4.73. The number of aryl methyl sites for hydroxylation is 1. The maximum atomic E-state index is 4.61. The van der Waals surface area contributed by atoms with Crippen LogP contribution in [-0.4, -0.2) is 14.5 Å². The normalized spacial score (nSPS) is 11.0. The van der Waals surface area contributed by atoms with E-state index in [-0.39, 0.29) is 0 Å². The van der Waals surface area contributed by atoms with Crippen LogP contribution in [0.5, 0.6) is 0 Å². The van der Waals surface area contributed by atoms with Crippen LogP contribution in [0.1, 0.15) is 63.5 Å². The summed E-state index contributed by atoms with van der Waals surface area (Å²) in [5, 5.41) is 0. The summed E-state index contributed by atoms with van der Waals surface area (Å²) >= 11 is 0. The lowest BCUT2D eigenvalue weighted by Gasteiger charge is -2.14. The SMILES string of the molecule is CCCCCc1ccnc(-n2ccnc2)c1CCCCC. The molecular formula is C18H27N3. The molecule has 0 saturated carbocycles. The maximum Gasteiger partial charge on any atom is 0.141 e. The van der Waals surface area contributed by atoms with Gasteiger partial charge in [-0.3, -0.25) is 4.57 Å². The fourth-order valence-electron chi connectivity index (χ4n) is 2.75. The highest BCUT2D eigenvalue weighted by Crippen LogP contribution is 2.21. The second-order valence-corrected chi connectivity index (χ2v) is 5.66. The quantitative estimate of drug-likeness (QED) is 0.623. The van der Waals surface area contributed by atoms with Gasteiger partial charge in [0.25, 0.3) is 0 Å². The molecule has 21 heavy (non-hydrogen) atoms. The van der Waals surface area contributed by atoms with Crippen molar-refractivity contribution in [1.82, 2.24) is 14.5 Å². The lowest BCUT2D eigenvalue weighted by atomic mass is 9.98. The zero-order chi connectivity index (χ0) is 14.9. The zero-order valence-electron chi connectivity index (χ0n) is 13.4. The van der Waals surface area contributed by atoms with Crippen LogP contribution in [0.4, 0.5) is 0 Å². The summed E-state index contributed by atoms with van der Waals surface area (Å²) < 4.78 is 2.05. The molecule has 2 rings (SSSR count).